The normalized spacial score (nSPS) is 12.0. The summed E-state index contributed by atoms with van der Waals surface area (Å²) in [5, 5.41) is 3.33. The standard InChI is InChI=1S/C19H18N4/c1-3-5-11-16(4-2)21-18-19-20-12-13-23(19)14-17(22-18)15-9-7-6-8-10-15/h3-14H,1H2,2H3,(H,21,22)/b11-5-,16-4+. The number of imidazole rings is 1. The summed E-state index contributed by atoms with van der Waals surface area (Å²) in [6.07, 6.45) is 13.2. The highest BCUT2D eigenvalue weighted by molar-refractivity contribution is 5.71. The van der Waals surface area contributed by atoms with E-state index in [9.17, 15) is 0 Å². The maximum atomic E-state index is 4.74. The first-order chi connectivity index (χ1) is 11.3. The molecule has 0 atom stereocenters. The predicted octanol–water partition coefficient (Wildman–Crippen LogP) is 4.45. The summed E-state index contributed by atoms with van der Waals surface area (Å²) >= 11 is 0. The van der Waals surface area contributed by atoms with Gasteiger partial charge in [-0.15, -0.1) is 0 Å². The third-order valence-electron chi connectivity index (χ3n) is 3.43. The van der Waals surface area contributed by atoms with Gasteiger partial charge in [0.1, 0.15) is 0 Å². The van der Waals surface area contributed by atoms with Crippen LogP contribution in [0.2, 0.25) is 0 Å². The highest BCUT2D eigenvalue weighted by atomic mass is 15.1. The van der Waals surface area contributed by atoms with E-state index in [2.05, 4.69) is 16.9 Å². The summed E-state index contributed by atoms with van der Waals surface area (Å²) in [6.45, 7) is 5.67. The average molecular weight is 302 g/mol. The molecular weight excluding hydrogens is 284 g/mol. The largest absolute Gasteiger partial charge is 0.337 e. The lowest BCUT2D eigenvalue weighted by Crippen LogP contribution is -2.03. The van der Waals surface area contributed by atoms with Crippen LogP contribution in [0.4, 0.5) is 5.82 Å². The Morgan fingerprint density at radius 3 is 2.83 bits per heavy atom. The van der Waals surface area contributed by atoms with Crippen molar-refractivity contribution < 1.29 is 0 Å². The number of rotatable bonds is 5. The van der Waals surface area contributed by atoms with Crippen molar-refractivity contribution in [3.8, 4) is 11.3 Å². The molecule has 0 unspecified atom stereocenters. The Hall–Kier alpha value is -3.14. The summed E-state index contributed by atoms with van der Waals surface area (Å²) in [5.74, 6) is 0.721. The van der Waals surface area contributed by atoms with Gasteiger partial charge in [-0.1, -0.05) is 55.1 Å². The molecule has 2 heterocycles. The molecule has 1 aromatic carbocycles. The molecule has 0 spiro atoms. The van der Waals surface area contributed by atoms with Crippen LogP contribution >= 0.6 is 0 Å². The fourth-order valence-electron chi connectivity index (χ4n) is 2.28. The van der Waals surface area contributed by atoms with Crippen LogP contribution < -0.4 is 5.32 Å². The van der Waals surface area contributed by atoms with Crippen molar-refractivity contribution >= 4 is 11.5 Å². The first-order valence-corrected chi connectivity index (χ1v) is 7.43. The summed E-state index contributed by atoms with van der Waals surface area (Å²) in [6, 6.07) is 10.1. The van der Waals surface area contributed by atoms with Crippen LogP contribution in [0.5, 0.6) is 0 Å². The average Bonchev–Trinajstić information content (AvgIpc) is 3.08. The van der Waals surface area contributed by atoms with Crippen molar-refractivity contribution in [2.45, 2.75) is 6.92 Å². The van der Waals surface area contributed by atoms with Crippen LogP contribution in [0.15, 0.2) is 85.5 Å². The number of hydrogen-bond donors (Lipinski definition) is 1. The van der Waals surface area contributed by atoms with Gasteiger partial charge in [0, 0.05) is 29.9 Å². The van der Waals surface area contributed by atoms with Gasteiger partial charge in [0.05, 0.1) is 5.69 Å². The maximum Gasteiger partial charge on any atom is 0.180 e. The molecule has 0 radical (unpaired) electrons. The van der Waals surface area contributed by atoms with Gasteiger partial charge in [-0.3, -0.25) is 0 Å². The minimum Gasteiger partial charge on any atom is -0.337 e. The van der Waals surface area contributed by atoms with Crippen molar-refractivity contribution in [3.63, 3.8) is 0 Å². The molecule has 3 rings (SSSR count). The molecule has 0 amide bonds. The predicted molar refractivity (Wildman–Crippen MR) is 95.1 cm³/mol. The highest BCUT2D eigenvalue weighted by Crippen LogP contribution is 2.22. The summed E-state index contributed by atoms with van der Waals surface area (Å²) in [4.78, 5) is 9.13. The smallest absolute Gasteiger partial charge is 0.180 e. The third kappa shape index (κ3) is 3.21. The number of fused-ring (bicyclic) bond motifs is 1. The van der Waals surface area contributed by atoms with E-state index >= 15 is 0 Å². The molecule has 0 saturated heterocycles. The lowest BCUT2D eigenvalue weighted by atomic mass is 10.2. The molecule has 114 valence electrons. The molecule has 0 aliphatic heterocycles. The number of hydrogen-bond acceptors (Lipinski definition) is 3. The zero-order valence-corrected chi connectivity index (χ0v) is 13.0. The van der Waals surface area contributed by atoms with Gasteiger partial charge >= 0.3 is 0 Å². The molecule has 0 fully saturated rings. The SMILES string of the molecule is C=C/C=C\C(=C/C)Nc1nc(-c2ccccc2)cn2ccnc12. The van der Waals surface area contributed by atoms with E-state index < -0.39 is 0 Å². The fourth-order valence-corrected chi connectivity index (χ4v) is 2.28. The fraction of sp³-hybridized carbons (Fsp3) is 0.0526. The van der Waals surface area contributed by atoms with E-state index in [0.29, 0.717) is 0 Å². The van der Waals surface area contributed by atoms with Gasteiger partial charge in [0.25, 0.3) is 0 Å². The van der Waals surface area contributed by atoms with E-state index in [1.165, 1.54) is 0 Å². The molecule has 0 saturated carbocycles. The van der Waals surface area contributed by atoms with Crippen molar-refractivity contribution in [2.75, 3.05) is 5.32 Å². The topological polar surface area (TPSA) is 42.2 Å². The Kier molecular flexibility index (Phi) is 4.34. The molecule has 0 aliphatic rings. The number of anilines is 1. The molecule has 2 aromatic heterocycles. The van der Waals surface area contributed by atoms with E-state index in [0.717, 1.165) is 28.4 Å². The van der Waals surface area contributed by atoms with Gasteiger partial charge in [-0.05, 0) is 13.0 Å². The number of aromatic nitrogens is 3. The molecule has 3 aromatic rings. The monoisotopic (exact) mass is 302 g/mol. The lowest BCUT2D eigenvalue weighted by Gasteiger charge is -2.10. The number of benzene rings is 1. The van der Waals surface area contributed by atoms with Gasteiger partial charge in [0.2, 0.25) is 0 Å². The first kappa shape index (κ1) is 14.8. The van der Waals surface area contributed by atoms with E-state index in [1.54, 1.807) is 12.3 Å². The molecule has 1 N–H and O–H groups in total. The van der Waals surface area contributed by atoms with Crippen molar-refractivity contribution in [1.29, 1.82) is 0 Å². The maximum absolute atomic E-state index is 4.74. The Morgan fingerprint density at radius 2 is 2.09 bits per heavy atom. The second-order valence-corrected chi connectivity index (χ2v) is 4.96. The molecular formula is C19H18N4. The minimum atomic E-state index is 0.721. The third-order valence-corrected chi connectivity index (χ3v) is 3.43. The minimum absolute atomic E-state index is 0.721. The van der Waals surface area contributed by atoms with E-state index in [1.807, 2.05) is 72.3 Å². The van der Waals surface area contributed by atoms with E-state index in [-0.39, 0.29) is 0 Å². The molecule has 0 bridgehead atoms. The van der Waals surface area contributed by atoms with E-state index in [4.69, 9.17) is 4.98 Å². The Balaban J connectivity index is 2.07. The lowest BCUT2D eigenvalue weighted by molar-refractivity contribution is 1.13. The highest BCUT2D eigenvalue weighted by Gasteiger charge is 2.09. The van der Waals surface area contributed by atoms with Crippen molar-refractivity contribution in [3.05, 3.63) is 85.5 Å². The van der Waals surface area contributed by atoms with Crippen LogP contribution in [0.3, 0.4) is 0 Å². The van der Waals surface area contributed by atoms with Gasteiger partial charge < -0.3 is 9.72 Å². The quantitative estimate of drug-likeness (QED) is 0.708. The molecule has 4 nitrogen and oxygen atoms in total. The second-order valence-electron chi connectivity index (χ2n) is 4.96. The summed E-state index contributed by atoms with van der Waals surface area (Å²) in [7, 11) is 0. The van der Waals surface area contributed by atoms with Crippen LogP contribution in [0, 0.1) is 0 Å². The van der Waals surface area contributed by atoms with Crippen LogP contribution in [0.25, 0.3) is 16.9 Å². The zero-order valence-electron chi connectivity index (χ0n) is 13.0. The van der Waals surface area contributed by atoms with Crippen LogP contribution in [0.1, 0.15) is 6.92 Å². The number of nitrogens with zero attached hydrogens (tertiary/aromatic N) is 3. The summed E-state index contributed by atoms with van der Waals surface area (Å²) in [5.41, 5.74) is 3.68. The number of allylic oxidation sites excluding steroid dienone is 4. The molecule has 23 heavy (non-hydrogen) atoms. The Morgan fingerprint density at radius 1 is 1.26 bits per heavy atom. The molecule has 0 aliphatic carbocycles. The second kappa shape index (κ2) is 6.75. The van der Waals surface area contributed by atoms with Gasteiger partial charge in [-0.2, -0.15) is 0 Å². The van der Waals surface area contributed by atoms with Crippen LogP contribution in [-0.4, -0.2) is 14.4 Å². The van der Waals surface area contributed by atoms with Crippen molar-refractivity contribution in [2.24, 2.45) is 0 Å². The number of nitrogens with one attached hydrogen (secondary N) is 1. The Labute approximate surface area is 135 Å². The van der Waals surface area contributed by atoms with Crippen LogP contribution in [-0.2, 0) is 0 Å². The van der Waals surface area contributed by atoms with Gasteiger partial charge in [0.15, 0.2) is 11.5 Å². The summed E-state index contributed by atoms with van der Waals surface area (Å²) < 4.78 is 1.97. The zero-order chi connectivity index (χ0) is 16.1. The molecule has 4 heteroatoms. The Bertz CT molecular complexity index is 873. The van der Waals surface area contributed by atoms with Crippen molar-refractivity contribution in [1.82, 2.24) is 14.4 Å². The first-order valence-electron chi connectivity index (χ1n) is 7.43. The van der Waals surface area contributed by atoms with Gasteiger partial charge in [-0.25, -0.2) is 9.97 Å².